The summed E-state index contributed by atoms with van der Waals surface area (Å²) >= 11 is 1.18. The maximum Gasteiger partial charge on any atom is 0.303 e. The molecule has 7 heteroatoms. The third-order valence-electron chi connectivity index (χ3n) is 3.10. The Balaban J connectivity index is 1.65. The van der Waals surface area contributed by atoms with Gasteiger partial charge < -0.3 is 15.7 Å². The molecular weight excluding hydrogens is 304 g/mol. The average molecular weight is 324 g/mol. The average Bonchev–Trinajstić information content (AvgIpc) is 2.92. The zero-order valence-electron chi connectivity index (χ0n) is 12.2. The van der Waals surface area contributed by atoms with Crippen molar-refractivity contribution < 1.29 is 19.0 Å². The molecule has 3 N–H and O–H groups in total. The van der Waals surface area contributed by atoms with Crippen molar-refractivity contribution in [3.8, 4) is 0 Å². The quantitative estimate of drug-likeness (QED) is 0.430. The predicted molar refractivity (Wildman–Crippen MR) is 86.0 cm³/mol. The molecule has 0 aliphatic carbocycles. The second-order valence-corrected chi connectivity index (χ2v) is 5.71. The Labute approximate surface area is 134 Å². The first kappa shape index (κ1) is 16.7. The molecule has 0 atom stereocenters. The highest BCUT2D eigenvalue weighted by Crippen LogP contribution is 2.31. The van der Waals surface area contributed by atoms with Crippen LogP contribution in [0.4, 0.5) is 5.69 Å². The highest BCUT2D eigenvalue weighted by Gasteiger charge is 2.20. The number of anilines is 1. The molecule has 1 aromatic carbocycles. The normalized spacial score (nSPS) is 16.8. The lowest BCUT2D eigenvalue weighted by molar-refractivity contribution is -0.259. The molecule has 0 aromatic heterocycles. The van der Waals surface area contributed by atoms with Gasteiger partial charge in [0.05, 0.1) is 18.6 Å². The first-order chi connectivity index (χ1) is 10.6. The maximum absolute atomic E-state index is 10.4. The topological polar surface area (TPSA) is 85.0 Å². The second-order valence-electron chi connectivity index (χ2n) is 4.99. The van der Waals surface area contributed by atoms with Crippen molar-refractivity contribution in [3.05, 3.63) is 34.9 Å². The van der Waals surface area contributed by atoms with Crippen molar-refractivity contribution >= 4 is 29.8 Å². The Morgan fingerprint density at radius 3 is 2.68 bits per heavy atom. The van der Waals surface area contributed by atoms with Crippen LogP contribution in [0.3, 0.4) is 0 Å². The number of hydrogen-bond acceptors (Lipinski definition) is 6. The van der Waals surface area contributed by atoms with Gasteiger partial charge in [-0.15, -0.1) is 0 Å². The molecule has 0 saturated carbocycles. The molecule has 0 radical (unpaired) electrons. The Morgan fingerprint density at radius 2 is 1.95 bits per heavy atom. The maximum atomic E-state index is 10.4. The molecule has 1 aliphatic rings. The predicted octanol–water partition coefficient (Wildman–Crippen LogP) is 3.43. The van der Waals surface area contributed by atoms with Gasteiger partial charge in [-0.3, -0.25) is 4.79 Å². The Kier molecular flexibility index (Phi) is 6.57. The van der Waals surface area contributed by atoms with Crippen LogP contribution in [0, 0.1) is 0 Å². The molecule has 22 heavy (non-hydrogen) atoms. The number of carbonyl (C=O) groups is 1. The summed E-state index contributed by atoms with van der Waals surface area (Å²) in [5.41, 5.74) is 7.36. The van der Waals surface area contributed by atoms with Gasteiger partial charge in [-0.1, -0.05) is 25.0 Å². The van der Waals surface area contributed by atoms with Crippen molar-refractivity contribution in [2.75, 3.05) is 12.3 Å². The molecule has 1 heterocycles. The van der Waals surface area contributed by atoms with Crippen LogP contribution in [0.2, 0.25) is 0 Å². The van der Waals surface area contributed by atoms with Crippen LogP contribution in [-0.2, 0) is 13.9 Å². The van der Waals surface area contributed by atoms with Crippen molar-refractivity contribution in [1.29, 1.82) is 0 Å². The van der Waals surface area contributed by atoms with E-state index in [1.165, 1.54) is 17.3 Å². The van der Waals surface area contributed by atoms with Crippen molar-refractivity contribution in [1.82, 2.24) is 5.23 Å². The molecule has 120 valence electrons. The molecule has 1 saturated heterocycles. The molecule has 6 nitrogen and oxygen atoms in total. The van der Waals surface area contributed by atoms with Gasteiger partial charge in [0.25, 0.3) is 0 Å². The Morgan fingerprint density at radius 1 is 1.23 bits per heavy atom. The molecular formula is C15H20N2O4S. The van der Waals surface area contributed by atoms with E-state index in [-0.39, 0.29) is 6.42 Å². The van der Waals surface area contributed by atoms with E-state index in [2.05, 4.69) is 0 Å². The molecule has 0 amide bonds. The van der Waals surface area contributed by atoms with Crippen molar-refractivity contribution in [2.24, 2.45) is 0 Å². The zero-order valence-corrected chi connectivity index (χ0v) is 13.1. The number of nitrogens with two attached hydrogens (primary N) is 1. The monoisotopic (exact) mass is 324 g/mol. The third kappa shape index (κ3) is 5.97. The van der Waals surface area contributed by atoms with Crippen LogP contribution >= 0.6 is 12.0 Å². The fraction of sp³-hybridized carbons (Fsp3) is 0.400. The van der Waals surface area contributed by atoms with Crippen LogP contribution < -0.4 is 5.73 Å². The van der Waals surface area contributed by atoms with E-state index < -0.39 is 5.97 Å². The van der Waals surface area contributed by atoms with Crippen LogP contribution in [-0.4, -0.2) is 22.8 Å². The molecule has 0 spiro atoms. The van der Waals surface area contributed by atoms with Gasteiger partial charge in [0.1, 0.15) is 0 Å². The molecule has 1 aliphatic heterocycles. The lowest BCUT2D eigenvalue weighted by Crippen LogP contribution is -2.16. The van der Waals surface area contributed by atoms with E-state index in [0.29, 0.717) is 18.1 Å². The fourth-order valence-electron chi connectivity index (χ4n) is 1.94. The van der Waals surface area contributed by atoms with Crippen LogP contribution in [0.25, 0.3) is 6.08 Å². The van der Waals surface area contributed by atoms with Gasteiger partial charge in [0, 0.05) is 12.1 Å². The van der Waals surface area contributed by atoms with Gasteiger partial charge >= 0.3 is 5.97 Å². The molecule has 2 rings (SSSR count). The number of benzene rings is 1. The third-order valence-corrected chi connectivity index (χ3v) is 3.69. The number of hydrogen-bond donors (Lipinski definition) is 2. The minimum absolute atomic E-state index is 0.237. The van der Waals surface area contributed by atoms with Gasteiger partial charge in [0.15, 0.2) is 0 Å². The summed E-state index contributed by atoms with van der Waals surface area (Å²) in [4.78, 5) is 15.9. The molecule has 1 fully saturated rings. The number of rotatable bonds is 8. The number of nitrogens with zero attached hydrogens (tertiary/aromatic N) is 1. The summed E-state index contributed by atoms with van der Waals surface area (Å²) in [6, 6.07) is 7.50. The number of unbranched alkanes of at least 4 members (excludes halogenated alkanes) is 3. The highest BCUT2D eigenvalue weighted by atomic mass is 32.2. The van der Waals surface area contributed by atoms with E-state index in [9.17, 15) is 4.79 Å². The number of carboxylic acids is 1. The van der Waals surface area contributed by atoms with Crippen LogP contribution in [0.5, 0.6) is 0 Å². The van der Waals surface area contributed by atoms with E-state index in [0.717, 1.165) is 30.5 Å². The molecule has 1 aromatic rings. The van der Waals surface area contributed by atoms with Crippen molar-refractivity contribution in [3.63, 3.8) is 0 Å². The SMILES string of the molecule is Nc1ccc(/C=C2/ON(CCCCCCC(=O)O)OS2)cc1. The van der Waals surface area contributed by atoms with Crippen LogP contribution in [0.1, 0.15) is 37.7 Å². The van der Waals surface area contributed by atoms with E-state index in [1.54, 1.807) is 0 Å². The molecule has 0 bridgehead atoms. The first-order valence-electron chi connectivity index (χ1n) is 7.22. The standard InChI is InChI=1S/C15H20N2O4S/c16-13-8-6-12(7-9-13)11-15-20-17(21-22-15)10-4-2-1-3-5-14(18)19/h6-9,11H,1-5,10,16H2,(H,18,19)/b15-11-. The highest BCUT2D eigenvalue weighted by molar-refractivity contribution is 7.98. The lowest BCUT2D eigenvalue weighted by atomic mass is 10.1. The number of carboxylic acid groups (broad SMARTS) is 1. The smallest absolute Gasteiger partial charge is 0.303 e. The summed E-state index contributed by atoms with van der Waals surface area (Å²) in [6.45, 7) is 0.652. The Bertz CT molecular complexity index is 519. The summed E-state index contributed by atoms with van der Waals surface area (Å²) in [6.07, 6.45) is 5.60. The van der Waals surface area contributed by atoms with E-state index in [4.69, 9.17) is 20.0 Å². The summed E-state index contributed by atoms with van der Waals surface area (Å²) in [7, 11) is 0. The summed E-state index contributed by atoms with van der Waals surface area (Å²) in [5, 5.41) is 10.7. The summed E-state index contributed by atoms with van der Waals surface area (Å²) < 4.78 is 5.35. The van der Waals surface area contributed by atoms with E-state index >= 15 is 0 Å². The largest absolute Gasteiger partial charge is 0.481 e. The Hall–Kier alpha value is -1.70. The van der Waals surface area contributed by atoms with Crippen molar-refractivity contribution in [2.45, 2.75) is 32.1 Å². The van der Waals surface area contributed by atoms with Gasteiger partial charge in [-0.2, -0.15) is 4.28 Å². The number of hydroxylamine groups is 2. The van der Waals surface area contributed by atoms with Gasteiger partial charge in [-0.25, -0.2) is 0 Å². The summed E-state index contributed by atoms with van der Waals surface area (Å²) in [5.74, 6) is -0.736. The molecule has 0 unspecified atom stereocenters. The van der Waals surface area contributed by atoms with E-state index in [1.807, 2.05) is 30.3 Å². The van der Waals surface area contributed by atoms with Crippen LogP contribution in [0.15, 0.2) is 29.4 Å². The lowest BCUT2D eigenvalue weighted by Gasteiger charge is -2.09. The minimum atomic E-state index is -0.736. The zero-order chi connectivity index (χ0) is 15.8. The first-order valence-corrected chi connectivity index (χ1v) is 7.97. The fourth-order valence-corrected chi connectivity index (χ4v) is 2.50. The van der Waals surface area contributed by atoms with Gasteiger partial charge in [-0.05, 0) is 41.8 Å². The second kappa shape index (κ2) is 8.67. The number of nitrogen functional groups attached to an aromatic ring is 1. The minimum Gasteiger partial charge on any atom is -0.481 e. The number of aliphatic carboxylic acids is 1. The van der Waals surface area contributed by atoms with Gasteiger partial charge in [0.2, 0.25) is 5.09 Å².